The van der Waals surface area contributed by atoms with Crippen molar-refractivity contribution in [1.82, 2.24) is 4.98 Å². The highest BCUT2D eigenvalue weighted by atomic mass is 35.5. The zero-order chi connectivity index (χ0) is 23.2. The number of carbonyl (C=O) groups excluding carboxylic acids is 2. The van der Waals surface area contributed by atoms with Gasteiger partial charge < -0.3 is 10.6 Å². The molecule has 0 fully saturated rings. The Balaban J connectivity index is 1.32. The number of anilines is 2. The van der Waals surface area contributed by atoms with E-state index in [1.54, 1.807) is 12.1 Å². The number of benzene rings is 3. The first-order valence-corrected chi connectivity index (χ1v) is 12.3. The molecule has 4 rings (SSSR count). The van der Waals surface area contributed by atoms with E-state index in [1.165, 1.54) is 23.1 Å². The predicted molar refractivity (Wildman–Crippen MR) is 137 cm³/mol. The maximum atomic E-state index is 12.4. The molecule has 2 N–H and O–H groups in total. The molecule has 1 aromatic heterocycles. The van der Waals surface area contributed by atoms with Gasteiger partial charge in [-0.1, -0.05) is 53.6 Å². The van der Waals surface area contributed by atoms with Crippen LogP contribution in [0.15, 0.2) is 83.1 Å². The van der Waals surface area contributed by atoms with E-state index in [1.807, 2.05) is 73.0 Å². The average Bonchev–Trinajstić information content (AvgIpc) is 3.27. The van der Waals surface area contributed by atoms with Crippen molar-refractivity contribution >= 4 is 57.3 Å². The number of aromatic nitrogens is 1. The van der Waals surface area contributed by atoms with Gasteiger partial charge in [-0.2, -0.15) is 0 Å². The van der Waals surface area contributed by atoms with Gasteiger partial charge in [-0.3, -0.25) is 9.59 Å². The van der Waals surface area contributed by atoms with Gasteiger partial charge in [-0.15, -0.1) is 23.1 Å². The van der Waals surface area contributed by atoms with Crippen LogP contribution < -0.4 is 10.6 Å². The van der Waals surface area contributed by atoms with E-state index in [2.05, 4.69) is 15.6 Å². The van der Waals surface area contributed by atoms with Gasteiger partial charge in [0.2, 0.25) is 5.91 Å². The number of carbonyl (C=O) groups is 2. The molecule has 0 saturated heterocycles. The highest BCUT2D eigenvalue weighted by Gasteiger charge is 2.11. The lowest BCUT2D eigenvalue weighted by molar-refractivity contribution is -0.113. The monoisotopic (exact) mass is 493 g/mol. The molecule has 0 radical (unpaired) electrons. The first-order chi connectivity index (χ1) is 16.0. The van der Waals surface area contributed by atoms with Crippen LogP contribution in [-0.4, -0.2) is 22.6 Å². The number of halogens is 1. The number of thiazole rings is 1. The van der Waals surface area contributed by atoms with Crippen LogP contribution in [0.1, 0.15) is 15.9 Å². The van der Waals surface area contributed by atoms with E-state index >= 15 is 0 Å². The van der Waals surface area contributed by atoms with Gasteiger partial charge in [0.25, 0.3) is 5.91 Å². The van der Waals surface area contributed by atoms with Gasteiger partial charge in [0, 0.05) is 32.1 Å². The smallest absolute Gasteiger partial charge is 0.255 e. The van der Waals surface area contributed by atoms with E-state index < -0.39 is 0 Å². The van der Waals surface area contributed by atoms with Gasteiger partial charge >= 0.3 is 0 Å². The van der Waals surface area contributed by atoms with E-state index in [9.17, 15) is 9.59 Å². The first kappa shape index (κ1) is 23.0. The highest BCUT2D eigenvalue weighted by Crippen LogP contribution is 2.30. The van der Waals surface area contributed by atoms with Crippen LogP contribution >= 0.6 is 34.7 Å². The predicted octanol–water partition coefficient (Wildman–Crippen LogP) is 6.76. The van der Waals surface area contributed by atoms with Crippen molar-refractivity contribution in [3.63, 3.8) is 0 Å². The number of hydrogen-bond acceptors (Lipinski definition) is 5. The van der Waals surface area contributed by atoms with Crippen LogP contribution in [0.2, 0.25) is 5.02 Å². The van der Waals surface area contributed by atoms with Gasteiger partial charge in [-0.05, 0) is 43.3 Å². The minimum absolute atomic E-state index is 0.158. The minimum atomic E-state index is -0.173. The molecule has 0 atom stereocenters. The Hall–Kier alpha value is -3.13. The van der Waals surface area contributed by atoms with Crippen LogP contribution in [0.3, 0.4) is 0 Å². The Kier molecular flexibility index (Phi) is 7.44. The molecule has 1 heterocycles. The Morgan fingerprint density at radius 1 is 1.00 bits per heavy atom. The summed E-state index contributed by atoms with van der Waals surface area (Å²) in [7, 11) is 0. The highest BCUT2D eigenvalue weighted by molar-refractivity contribution is 8.00. The first-order valence-electron chi connectivity index (χ1n) is 10.1. The second-order valence-electron chi connectivity index (χ2n) is 7.20. The number of thioether (sulfide) groups is 1. The molecule has 2 amide bonds. The number of rotatable bonds is 7. The molecule has 0 saturated carbocycles. The summed E-state index contributed by atoms with van der Waals surface area (Å²) >= 11 is 8.96. The quantitative estimate of drug-likeness (QED) is 0.279. The Morgan fingerprint density at radius 2 is 1.79 bits per heavy atom. The molecule has 0 unspecified atom stereocenters. The maximum absolute atomic E-state index is 12.4. The van der Waals surface area contributed by atoms with Crippen molar-refractivity contribution in [2.24, 2.45) is 0 Å². The third-order valence-electron chi connectivity index (χ3n) is 4.68. The van der Waals surface area contributed by atoms with Gasteiger partial charge in [0.15, 0.2) is 5.13 Å². The summed E-state index contributed by atoms with van der Waals surface area (Å²) in [5.41, 5.74) is 3.93. The molecule has 3 aromatic carbocycles. The number of amides is 2. The van der Waals surface area contributed by atoms with Gasteiger partial charge in [-0.25, -0.2) is 4.98 Å². The van der Waals surface area contributed by atoms with Crippen LogP contribution in [0.25, 0.3) is 11.3 Å². The number of aryl methyl sites for hydroxylation is 1. The molecular weight excluding hydrogens is 474 g/mol. The lowest BCUT2D eigenvalue weighted by Gasteiger charge is -2.08. The third kappa shape index (κ3) is 6.22. The van der Waals surface area contributed by atoms with Crippen LogP contribution in [0.5, 0.6) is 0 Å². The van der Waals surface area contributed by atoms with E-state index in [4.69, 9.17) is 11.6 Å². The molecule has 0 aliphatic rings. The van der Waals surface area contributed by atoms with Crippen LogP contribution in [0.4, 0.5) is 10.8 Å². The summed E-state index contributed by atoms with van der Waals surface area (Å²) in [6.45, 7) is 1.98. The van der Waals surface area contributed by atoms with Crippen molar-refractivity contribution < 1.29 is 9.59 Å². The molecule has 0 spiro atoms. The normalized spacial score (nSPS) is 10.6. The van der Waals surface area contributed by atoms with Crippen molar-refractivity contribution in [2.75, 3.05) is 16.4 Å². The topological polar surface area (TPSA) is 71.1 Å². The molecule has 0 bridgehead atoms. The number of nitrogens with zero attached hydrogens (tertiary/aromatic N) is 1. The summed E-state index contributed by atoms with van der Waals surface area (Å²) < 4.78 is 0. The molecule has 4 aromatic rings. The molecule has 8 heteroatoms. The zero-order valence-corrected chi connectivity index (χ0v) is 20.1. The van der Waals surface area contributed by atoms with Gasteiger partial charge in [0.1, 0.15) is 0 Å². The Labute approximate surface area is 205 Å². The van der Waals surface area contributed by atoms with Crippen molar-refractivity contribution in [3.8, 4) is 11.3 Å². The fourth-order valence-electron chi connectivity index (χ4n) is 3.00. The third-order valence-corrected chi connectivity index (χ3v) is 6.76. The lowest BCUT2D eigenvalue weighted by Crippen LogP contribution is -2.14. The fraction of sp³-hybridized carbons (Fsp3) is 0.0800. The number of hydrogen-bond donors (Lipinski definition) is 2. The maximum Gasteiger partial charge on any atom is 0.255 e. The standard InChI is InChI=1S/C25H20ClN3O2S2/c1-16-9-11-17(12-10-16)24(31)27-18-5-4-6-19(13-18)32-15-23(30)29-25-28-22(14-33-25)20-7-2-3-8-21(20)26/h2-14H,15H2,1H3,(H,27,31)(H,28,29,30). The average molecular weight is 494 g/mol. The summed E-state index contributed by atoms with van der Waals surface area (Å²) in [4.78, 5) is 30.2. The van der Waals surface area contributed by atoms with Crippen molar-refractivity contribution in [2.45, 2.75) is 11.8 Å². The minimum Gasteiger partial charge on any atom is -0.322 e. The molecular formula is C25H20ClN3O2S2. The second-order valence-corrected chi connectivity index (χ2v) is 9.52. The SMILES string of the molecule is Cc1ccc(C(=O)Nc2cccc(SCC(=O)Nc3nc(-c4ccccc4Cl)cs3)c2)cc1. The molecule has 5 nitrogen and oxygen atoms in total. The lowest BCUT2D eigenvalue weighted by atomic mass is 10.1. The van der Waals surface area contributed by atoms with Crippen molar-refractivity contribution in [3.05, 3.63) is 94.3 Å². The molecule has 33 heavy (non-hydrogen) atoms. The number of nitrogens with one attached hydrogen (secondary N) is 2. The fourth-order valence-corrected chi connectivity index (χ4v) is 4.71. The molecule has 0 aliphatic heterocycles. The van der Waals surface area contributed by atoms with E-state index in [0.29, 0.717) is 21.4 Å². The van der Waals surface area contributed by atoms with Gasteiger partial charge in [0.05, 0.1) is 11.4 Å². The summed E-state index contributed by atoms with van der Waals surface area (Å²) in [5.74, 6) is -0.113. The van der Waals surface area contributed by atoms with Crippen LogP contribution in [-0.2, 0) is 4.79 Å². The van der Waals surface area contributed by atoms with E-state index in [-0.39, 0.29) is 17.6 Å². The van der Waals surface area contributed by atoms with Crippen molar-refractivity contribution in [1.29, 1.82) is 0 Å². The summed E-state index contributed by atoms with van der Waals surface area (Å²) in [6, 6.07) is 22.3. The van der Waals surface area contributed by atoms with E-state index in [0.717, 1.165) is 21.7 Å². The largest absolute Gasteiger partial charge is 0.322 e. The second kappa shape index (κ2) is 10.7. The molecule has 166 valence electrons. The Bertz CT molecular complexity index is 1290. The summed E-state index contributed by atoms with van der Waals surface area (Å²) in [6.07, 6.45) is 0. The Morgan fingerprint density at radius 3 is 2.58 bits per heavy atom. The van der Waals surface area contributed by atoms with Crippen LogP contribution in [0, 0.1) is 6.92 Å². The zero-order valence-electron chi connectivity index (χ0n) is 17.7. The summed E-state index contributed by atoms with van der Waals surface area (Å²) in [5, 5.41) is 8.73. The molecule has 0 aliphatic carbocycles.